The normalized spacial score (nSPS) is 15.3. The average Bonchev–Trinajstić information content (AvgIpc) is 3.41. The molecule has 0 radical (unpaired) electrons. The van der Waals surface area contributed by atoms with Gasteiger partial charge in [-0.05, 0) is 29.6 Å². The first-order valence-electron chi connectivity index (χ1n) is 8.90. The van der Waals surface area contributed by atoms with Crippen LogP contribution in [0.1, 0.15) is 10.4 Å². The number of piperazine rings is 1. The second-order valence-corrected chi connectivity index (χ2v) is 9.50. The second kappa shape index (κ2) is 7.87. The van der Waals surface area contributed by atoms with Crippen molar-refractivity contribution in [3.63, 3.8) is 0 Å². The summed E-state index contributed by atoms with van der Waals surface area (Å²) in [5.74, 6) is 2.08. The van der Waals surface area contributed by atoms with E-state index in [0.717, 1.165) is 0 Å². The number of nitrogens with zero attached hydrogens (tertiary/aromatic N) is 3. The number of carbonyl (C=O) groups excluding carboxylic acids is 1. The van der Waals surface area contributed by atoms with Gasteiger partial charge in [-0.15, -0.1) is 17.8 Å². The third-order valence-electron chi connectivity index (χ3n) is 4.59. The summed E-state index contributed by atoms with van der Waals surface area (Å²) in [5.41, 5.74) is 1.56. The molecule has 1 N–H and O–H groups in total. The SMILES string of the molecule is C#CCNC(=O)c1ccc2oc(N3CCN(S(=O)(=O)c4cccs4)CC3)nc2c1. The molecular weight excluding hydrogens is 412 g/mol. The summed E-state index contributed by atoms with van der Waals surface area (Å²) >= 11 is 1.21. The average molecular weight is 431 g/mol. The fraction of sp³-hybridized carbons (Fsp3) is 0.263. The molecule has 1 saturated heterocycles. The Morgan fingerprint density at radius 3 is 2.76 bits per heavy atom. The van der Waals surface area contributed by atoms with Gasteiger partial charge in [-0.1, -0.05) is 12.0 Å². The minimum Gasteiger partial charge on any atom is -0.423 e. The van der Waals surface area contributed by atoms with Crippen molar-refractivity contribution in [2.75, 3.05) is 37.6 Å². The Kier molecular flexibility index (Phi) is 5.27. The fourth-order valence-electron chi connectivity index (χ4n) is 3.08. The Morgan fingerprint density at radius 1 is 1.28 bits per heavy atom. The van der Waals surface area contributed by atoms with Crippen molar-refractivity contribution in [1.82, 2.24) is 14.6 Å². The number of anilines is 1. The summed E-state index contributed by atoms with van der Waals surface area (Å²) < 4.78 is 32.9. The number of hydrogen-bond acceptors (Lipinski definition) is 7. The highest BCUT2D eigenvalue weighted by molar-refractivity contribution is 7.91. The van der Waals surface area contributed by atoms with Crippen LogP contribution in [0.2, 0.25) is 0 Å². The van der Waals surface area contributed by atoms with E-state index in [1.165, 1.54) is 15.6 Å². The van der Waals surface area contributed by atoms with Crippen molar-refractivity contribution in [1.29, 1.82) is 0 Å². The molecule has 2 aromatic heterocycles. The molecule has 1 aliphatic rings. The number of terminal acetylenes is 1. The number of thiophene rings is 1. The zero-order chi connectivity index (χ0) is 20.4. The maximum Gasteiger partial charge on any atom is 0.298 e. The van der Waals surface area contributed by atoms with Crippen LogP contribution in [0.25, 0.3) is 11.1 Å². The van der Waals surface area contributed by atoms with Gasteiger partial charge >= 0.3 is 0 Å². The Balaban J connectivity index is 1.47. The van der Waals surface area contributed by atoms with Gasteiger partial charge < -0.3 is 14.6 Å². The van der Waals surface area contributed by atoms with Crippen molar-refractivity contribution in [3.05, 3.63) is 41.3 Å². The smallest absolute Gasteiger partial charge is 0.298 e. The topological polar surface area (TPSA) is 95.8 Å². The zero-order valence-electron chi connectivity index (χ0n) is 15.4. The molecule has 0 bridgehead atoms. The number of amides is 1. The molecule has 1 aliphatic heterocycles. The number of oxazole rings is 1. The first-order chi connectivity index (χ1) is 14.0. The number of sulfonamides is 1. The number of benzene rings is 1. The molecule has 0 unspecified atom stereocenters. The Hall–Kier alpha value is -2.87. The highest BCUT2D eigenvalue weighted by atomic mass is 32.2. The lowest BCUT2D eigenvalue weighted by molar-refractivity contribution is 0.0959. The van der Waals surface area contributed by atoms with E-state index >= 15 is 0 Å². The van der Waals surface area contributed by atoms with Gasteiger partial charge in [-0.2, -0.15) is 9.29 Å². The van der Waals surface area contributed by atoms with Crippen LogP contribution < -0.4 is 10.2 Å². The molecule has 1 amide bonds. The highest BCUT2D eigenvalue weighted by Gasteiger charge is 2.30. The van der Waals surface area contributed by atoms with Gasteiger partial charge in [-0.3, -0.25) is 4.79 Å². The van der Waals surface area contributed by atoms with Crippen LogP contribution >= 0.6 is 11.3 Å². The number of carbonyl (C=O) groups is 1. The number of hydrogen-bond donors (Lipinski definition) is 1. The lowest BCUT2D eigenvalue weighted by Crippen LogP contribution is -2.48. The molecule has 0 saturated carbocycles. The second-order valence-electron chi connectivity index (χ2n) is 6.39. The first kappa shape index (κ1) is 19.4. The van der Waals surface area contributed by atoms with Crippen LogP contribution in [0.5, 0.6) is 0 Å². The lowest BCUT2D eigenvalue weighted by Gasteiger charge is -2.32. The summed E-state index contributed by atoms with van der Waals surface area (Å²) in [6.07, 6.45) is 5.16. The van der Waals surface area contributed by atoms with Gasteiger partial charge in [-0.25, -0.2) is 8.42 Å². The Bertz CT molecular complexity index is 1170. The van der Waals surface area contributed by atoms with Crippen LogP contribution in [0.4, 0.5) is 6.01 Å². The number of aromatic nitrogens is 1. The Morgan fingerprint density at radius 2 is 2.07 bits per heavy atom. The maximum atomic E-state index is 12.6. The van der Waals surface area contributed by atoms with Gasteiger partial charge in [0.25, 0.3) is 21.9 Å². The van der Waals surface area contributed by atoms with E-state index in [-0.39, 0.29) is 12.5 Å². The maximum absolute atomic E-state index is 12.6. The van der Waals surface area contributed by atoms with E-state index in [1.807, 2.05) is 4.90 Å². The lowest BCUT2D eigenvalue weighted by atomic mass is 10.2. The summed E-state index contributed by atoms with van der Waals surface area (Å²) in [7, 11) is -3.46. The Labute approximate surface area is 172 Å². The first-order valence-corrected chi connectivity index (χ1v) is 11.2. The molecule has 3 heterocycles. The molecule has 3 aromatic rings. The molecule has 0 atom stereocenters. The summed E-state index contributed by atoms with van der Waals surface area (Å²) in [6.45, 7) is 1.77. The quantitative estimate of drug-likeness (QED) is 0.620. The van der Waals surface area contributed by atoms with E-state index in [0.29, 0.717) is 53.1 Å². The number of fused-ring (bicyclic) bond motifs is 1. The van der Waals surface area contributed by atoms with Gasteiger partial charge in [0, 0.05) is 31.7 Å². The van der Waals surface area contributed by atoms with Crippen molar-refractivity contribution in [2.45, 2.75) is 4.21 Å². The molecule has 1 aromatic carbocycles. The molecule has 0 spiro atoms. The summed E-state index contributed by atoms with van der Waals surface area (Å²) in [4.78, 5) is 18.4. The number of nitrogens with one attached hydrogen (secondary N) is 1. The third kappa shape index (κ3) is 3.85. The van der Waals surface area contributed by atoms with E-state index < -0.39 is 10.0 Å². The molecule has 1 fully saturated rings. The van der Waals surface area contributed by atoms with Crippen LogP contribution in [0.3, 0.4) is 0 Å². The van der Waals surface area contributed by atoms with Crippen LogP contribution in [0.15, 0.2) is 44.3 Å². The fourth-order valence-corrected chi connectivity index (χ4v) is 5.65. The van der Waals surface area contributed by atoms with E-state index in [2.05, 4.69) is 16.2 Å². The molecule has 150 valence electrons. The minimum atomic E-state index is -3.46. The summed E-state index contributed by atoms with van der Waals surface area (Å²) in [6, 6.07) is 8.74. The molecule has 0 aliphatic carbocycles. The molecule has 29 heavy (non-hydrogen) atoms. The predicted molar refractivity (Wildman–Crippen MR) is 110 cm³/mol. The predicted octanol–water partition coefficient (Wildman–Crippen LogP) is 1.76. The van der Waals surface area contributed by atoms with Gasteiger partial charge in [0.2, 0.25) is 0 Å². The monoisotopic (exact) mass is 430 g/mol. The van der Waals surface area contributed by atoms with E-state index in [4.69, 9.17) is 10.8 Å². The summed E-state index contributed by atoms with van der Waals surface area (Å²) in [5, 5.41) is 4.36. The van der Waals surface area contributed by atoms with Crippen molar-refractivity contribution in [2.24, 2.45) is 0 Å². The van der Waals surface area contributed by atoms with E-state index in [9.17, 15) is 13.2 Å². The number of rotatable bonds is 5. The third-order valence-corrected chi connectivity index (χ3v) is 7.86. The van der Waals surface area contributed by atoms with Crippen molar-refractivity contribution < 1.29 is 17.6 Å². The van der Waals surface area contributed by atoms with Crippen LogP contribution in [-0.2, 0) is 10.0 Å². The largest absolute Gasteiger partial charge is 0.423 e. The van der Waals surface area contributed by atoms with Gasteiger partial charge in [0.05, 0.1) is 6.54 Å². The molecular formula is C19H18N4O4S2. The van der Waals surface area contributed by atoms with Crippen LogP contribution in [0, 0.1) is 12.3 Å². The standard InChI is InChI=1S/C19H18N4O4S2/c1-2-7-20-18(24)14-5-6-16-15(13-14)21-19(27-16)22-8-10-23(11-9-22)29(25,26)17-4-3-12-28-17/h1,3-6,12-13H,7-11H2,(H,20,24). The molecule has 10 heteroatoms. The highest BCUT2D eigenvalue weighted by Crippen LogP contribution is 2.26. The molecule has 8 nitrogen and oxygen atoms in total. The minimum absolute atomic E-state index is 0.152. The zero-order valence-corrected chi connectivity index (χ0v) is 17.0. The van der Waals surface area contributed by atoms with Crippen molar-refractivity contribution in [3.8, 4) is 12.3 Å². The van der Waals surface area contributed by atoms with E-state index in [1.54, 1.807) is 35.7 Å². The van der Waals surface area contributed by atoms with Crippen molar-refractivity contribution >= 4 is 44.4 Å². The van der Waals surface area contributed by atoms with Gasteiger partial charge in [0.15, 0.2) is 5.58 Å². The van der Waals surface area contributed by atoms with Crippen LogP contribution in [-0.4, -0.2) is 56.3 Å². The molecule has 4 rings (SSSR count). The van der Waals surface area contributed by atoms with Gasteiger partial charge in [0.1, 0.15) is 9.73 Å².